The number of guanidine groups is 1. The number of benzene rings is 2. The molecule has 2 aromatic rings. The minimum Gasteiger partial charge on any atom is -0.480 e. The Hall–Kier alpha value is -3.88. The van der Waals surface area contributed by atoms with E-state index in [2.05, 4.69) is 0 Å². The number of carboxylic acid groups (broad SMARTS) is 1. The molecule has 1 amide bonds. The van der Waals surface area contributed by atoms with Gasteiger partial charge in [-0.25, -0.2) is 14.4 Å². The Morgan fingerprint density at radius 2 is 1.58 bits per heavy atom. The van der Waals surface area contributed by atoms with Gasteiger partial charge in [0.15, 0.2) is 0 Å². The molecule has 0 bridgehead atoms. The Morgan fingerprint density at radius 1 is 1.00 bits per heavy atom. The van der Waals surface area contributed by atoms with Crippen molar-refractivity contribution in [3.05, 3.63) is 71.8 Å². The fourth-order valence-electron chi connectivity index (χ4n) is 3.10. The van der Waals surface area contributed by atoms with E-state index in [-0.39, 0.29) is 19.4 Å². The number of nitrogens with zero attached hydrogens (tertiary/aromatic N) is 2. The molecule has 9 nitrogen and oxygen atoms in total. The van der Waals surface area contributed by atoms with Crippen molar-refractivity contribution >= 4 is 24.0 Å². The summed E-state index contributed by atoms with van der Waals surface area (Å²) in [7, 11) is 1.35. The number of aryl methyl sites for hydroxylation is 1. The number of nitrogens with one attached hydrogen (secondary N) is 1. The van der Waals surface area contributed by atoms with Gasteiger partial charge in [-0.1, -0.05) is 65.7 Å². The maximum atomic E-state index is 12.4. The van der Waals surface area contributed by atoms with Gasteiger partial charge in [0.1, 0.15) is 6.04 Å². The molecule has 0 aliphatic carbocycles. The number of aliphatic carboxylic acids is 1. The molecule has 2 aromatic carbocycles. The van der Waals surface area contributed by atoms with E-state index in [1.165, 1.54) is 7.05 Å². The third kappa shape index (κ3) is 7.95. The molecule has 0 spiro atoms. The van der Waals surface area contributed by atoms with Crippen molar-refractivity contribution in [2.24, 2.45) is 0 Å². The second-order valence-electron chi connectivity index (χ2n) is 7.27. The summed E-state index contributed by atoms with van der Waals surface area (Å²) in [6, 6.07) is 17.3. The first-order valence-corrected chi connectivity index (χ1v) is 10.6. The number of amides is 1. The first-order valence-electron chi connectivity index (χ1n) is 10.6. The predicted octanol–water partition coefficient (Wildman–Crippen LogP) is 3.49. The maximum absolute atomic E-state index is 12.4. The average molecular weight is 456 g/mol. The summed E-state index contributed by atoms with van der Waals surface area (Å²) < 4.78 is 4.90. The molecular weight excluding hydrogens is 426 g/mol. The normalized spacial score (nSPS) is 11.2. The first-order chi connectivity index (χ1) is 15.8. The van der Waals surface area contributed by atoms with Crippen LogP contribution in [0.25, 0.3) is 0 Å². The van der Waals surface area contributed by atoms with E-state index in [0.717, 1.165) is 16.0 Å². The highest BCUT2D eigenvalue weighted by molar-refractivity contribution is 5.94. The maximum Gasteiger partial charge on any atom is 0.451 e. The number of hydrogen-bond acceptors (Lipinski definition) is 6. The lowest BCUT2D eigenvalue weighted by molar-refractivity contribution is -0.169. The molecular formula is C24H29N3O6. The monoisotopic (exact) mass is 455 g/mol. The minimum absolute atomic E-state index is 0.00810. The topological polar surface area (TPSA) is 120 Å². The zero-order valence-electron chi connectivity index (χ0n) is 18.8. The molecule has 2 N–H and O–H groups in total. The zero-order valence-corrected chi connectivity index (χ0v) is 18.8. The molecule has 0 saturated heterocycles. The molecule has 1 unspecified atom stereocenters. The number of carbonyl (C=O) groups is 3. The number of ether oxygens (including phenoxy) is 1. The van der Waals surface area contributed by atoms with E-state index < -0.39 is 30.0 Å². The molecule has 1 atom stereocenters. The first kappa shape index (κ1) is 25.4. The average Bonchev–Trinajstić information content (AvgIpc) is 2.81. The van der Waals surface area contributed by atoms with Crippen LogP contribution in [0.2, 0.25) is 0 Å². The summed E-state index contributed by atoms with van der Waals surface area (Å²) >= 11 is 0. The van der Waals surface area contributed by atoms with Gasteiger partial charge in [-0.15, -0.1) is 0 Å². The van der Waals surface area contributed by atoms with Crippen LogP contribution in [-0.4, -0.2) is 58.8 Å². The van der Waals surface area contributed by atoms with Gasteiger partial charge in [-0.3, -0.25) is 5.41 Å². The number of carboxylic acids is 1. The lowest BCUT2D eigenvalue weighted by Crippen LogP contribution is -2.52. The SMILES string of the molecule is CCOC(=O)N(OC(=O)CCCc1ccccc1)C(=N)N(C)C(Cc1ccccc1)C(=O)O. The van der Waals surface area contributed by atoms with Crippen molar-refractivity contribution < 1.29 is 29.1 Å². The summed E-state index contributed by atoms with van der Waals surface area (Å²) in [6.07, 6.45) is 0.138. The standard InChI is InChI=1S/C24H29N3O6/c1-3-32-24(31)27(33-21(28)16-10-15-18-11-6-4-7-12-18)23(25)26(2)20(22(29)30)17-19-13-8-5-9-14-19/h4-9,11-14,20,25H,3,10,15-17H2,1-2H3,(H,29,30). The number of hydroxylamine groups is 2. The molecule has 0 heterocycles. The van der Waals surface area contributed by atoms with Crippen LogP contribution in [0.1, 0.15) is 30.9 Å². The van der Waals surface area contributed by atoms with E-state index in [1.54, 1.807) is 31.2 Å². The number of hydrogen-bond donors (Lipinski definition) is 2. The van der Waals surface area contributed by atoms with Crippen molar-refractivity contribution in [2.75, 3.05) is 13.7 Å². The largest absolute Gasteiger partial charge is 0.480 e. The minimum atomic E-state index is -1.19. The van der Waals surface area contributed by atoms with Crippen molar-refractivity contribution in [1.29, 1.82) is 5.41 Å². The van der Waals surface area contributed by atoms with Crippen molar-refractivity contribution in [2.45, 2.75) is 38.6 Å². The Bertz CT molecular complexity index is 936. The predicted molar refractivity (Wildman–Crippen MR) is 121 cm³/mol. The smallest absolute Gasteiger partial charge is 0.451 e. The second kappa shape index (κ2) is 12.8. The fraction of sp³-hybridized carbons (Fsp3) is 0.333. The van der Waals surface area contributed by atoms with Crippen LogP contribution in [0, 0.1) is 5.41 Å². The third-order valence-corrected chi connectivity index (χ3v) is 4.87. The molecule has 2 rings (SSSR count). The lowest BCUT2D eigenvalue weighted by Gasteiger charge is -2.31. The van der Waals surface area contributed by atoms with Gasteiger partial charge in [-0.05, 0) is 30.9 Å². The molecule has 0 aliphatic heterocycles. The molecule has 33 heavy (non-hydrogen) atoms. The number of likely N-dealkylation sites (N-methyl/N-ethyl adjacent to an activating group) is 1. The van der Waals surface area contributed by atoms with E-state index in [9.17, 15) is 19.5 Å². The van der Waals surface area contributed by atoms with E-state index in [0.29, 0.717) is 17.9 Å². The van der Waals surface area contributed by atoms with Crippen molar-refractivity contribution in [1.82, 2.24) is 9.96 Å². The van der Waals surface area contributed by atoms with E-state index in [1.807, 2.05) is 36.4 Å². The second-order valence-corrected chi connectivity index (χ2v) is 7.27. The summed E-state index contributed by atoms with van der Waals surface area (Å²) in [5.41, 5.74) is 1.80. The van der Waals surface area contributed by atoms with Gasteiger partial charge >= 0.3 is 18.0 Å². The van der Waals surface area contributed by atoms with Crippen molar-refractivity contribution in [3.8, 4) is 0 Å². The van der Waals surface area contributed by atoms with Crippen LogP contribution in [0.4, 0.5) is 4.79 Å². The molecule has 9 heteroatoms. The molecule has 176 valence electrons. The number of carbonyl (C=O) groups excluding carboxylic acids is 2. The van der Waals surface area contributed by atoms with Crippen LogP contribution in [0.15, 0.2) is 60.7 Å². The van der Waals surface area contributed by atoms with Crippen LogP contribution in [-0.2, 0) is 32.0 Å². The molecule has 0 aliphatic rings. The summed E-state index contributed by atoms with van der Waals surface area (Å²) in [4.78, 5) is 42.8. The van der Waals surface area contributed by atoms with Crippen LogP contribution < -0.4 is 0 Å². The zero-order chi connectivity index (χ0) is 24.2. The van der Waals surface area contributed by atoms with Crippen molar-refractivity contribution in [3.63, 3.8) is 0 Å². The van der Waals surface area contributed by atoms with Crippen LogP contribution in [0.5, 0.6) is 0 Å². The highest BCUT2D eigenvalue weighted by Crippen LogP contribution is 2.13. The van der Waals surface area contributed by atoms with Crippen LogP contribution >= 0.6 is 0 Å². The Balaban J connectivity index is 2.07. The van der Waals surface area contributed by atoms with Gasteiger partial charge in [0, 0.05) is 19.9 Å². The third-order valence-electron chi connectivity index (χ3n) is 4.87. The molecule has 0 aromatic heterocycles. The van der Waals surface area contributed by atoms with Crippen LogP contribution in [0.3, 0.4) is 0 Å². The Labute approximate surface area is 193 Å². The van der Waals surface area contributed by atoms with Gasteiger partial charge in [0.25, 0.3) is 0 Å². The van der Waals surface area contributed by atoms with Gasteiger partial charge < -0.3 is 19.6 Å². The van der Waals surface area contributed by atoms with Gasteiger partial charge in [0.05, 0.1) is 6.61 Å². The van der Waals surface area contributed by atoms with Gasteiger partial charge in [-0.2, -0.15) is 0 Å². The Kier molecular flexibility index (Phi) is 9.88. The van der Waals surface area contributed by atoms with E-state index in [4.69, 9.17) is 15.0 Å². The molecule has 0 radical (unpaired) electrons. The van der Waals surface area contributed by atoms with Gasteiger partial charge in [0.2, 0.25) is 5.96 Å². The number of rotatable bonds is 9. The lowest BCUT2D eigenvalue weighted by atomic mass is 10.1. The highest BCUT2D eigenvalue weighted by atomic mass is 16.8. The van der Waals surface area contributed by atoms with E-state index >= 15 is 0 Å². The summed E-state index contributed by atoms with van der Waals surface area (Å²) in [6.45, 7) is 1.56. The highest BCUT2D eigenvalue weighted by Gasteiger charge is 2.33. The quantitative estimate of drug-likeness (QED) is 0.337. The fourth-order valence-corrected chi connectivity index (χ4v) is 3.10. The summed E-state index contributed by atoms with van der Waals surface area (Å²) in [5, 5.41) is 18.5. The summed E-state index contributed by atoms with van der Waals surface area (Å²) in [5.74, 6) is -2.54. The Morgan fingerprint density at radius 3 is 2.12 bits per heavy atom. The molecule has 0 fully saturated rings. The molecule has 0 saturated carbocycles.